The van der Waals surface area contributed by atoms with Crippen molar-refractivity contribution in [3.05, 3.63) is 99.3 Å². The molecule has 0 spiro atoms. The van der Waals surface area contributed by atoms with E-state index < -0.39 is 79.9 Å². The topological polar surface area (TPSA) is 281 Å². The van der Waals surface area contributed by atoms with E-state index in [0.29, 0.717) is 0 Å². The third-order valence-electron chi connectivity index (χ3n) is 6.35. The van der Waals surface area contributed by atoms with Crippen LogP contribution in [0.15, 0.2) is 82.5 Å². The van der Waals surface area contributed by atoms with E-state index in [9.17, 15) is 47.4 Å². The number of anilines is 1. The van der Waals surface area contributed by atoms with Crippen LogP contribution in [0.1, 0.15) is 11.8 Å². The van der Waals surface area contributed by atoms with Gasteiger partial charge in [0.25, 0.3) is 5.56 Å². The lowest BCUT2D eigenvalue weighted by Crippen LogP contribution is -2.36. The van der Waals surface area contributed by atoms with Crippen LogP contribution in [0.25, 0.3) is 0 Å². The van der Waals surface area contributed by atoms with Crippen LogP contribution in [0.2, 0.25) is 0 Å². The highest BCUT2D eigenvalue weighted by molar-refractivity contribution is 7.71. The van der Waals surface area contributed by atoms with Crippen molar-refractivity contribution in [2.75, 3.05) is 11.7 Å². The minimum atomic E-state index is -6.02. The minimum Gasteiger partial charge on any atom is -0.346 e. The fraction of sp³-hybridized carbons (Fsp3) is 0.304. The first kappa shape index (κ1) is 35.7. The van der Waals surface area contributed by atoms with Crippen LogP contribution in [0.4, 0.5) is 5.69 Å². The second kappa shape index (κ2) is 14.1. The van der Waals surface area contributed by atoms with Crippen molar-refractivity contribution in [2.45, 2.75) is 37.3 Å². The zero-order valence-electron chi connectivity index (χ0n) is 23.6. The highest BCUT2D eigenvalue weighted by Crippen LogP contribution is 2.71. The average molecular weight is 741 g/mol. The van der Waals surface area contributed by atoms with Crippen molar-refractivity contribution in [3.63, 3.8) is 0 Å². The van der Waals surface area contributed by atoms with E-state index in [1.54, 1.807) is 24.3 Å². The number of nitrogens with zero attached hydrogens (tertiary/aromatic N) is 1. The molecular formula is C23H27N3O17P4. The molecule has 3 aromatic rings. The van der Waals surface area contributed by atoms with Gasteiger partial charge < -0.3 is 33.8 Å². The summed E-state index contributed by atoms with van der Waals surface area (Å²) in [5.41, 5.74) is -0.765. The number of ether oxygens (including phenoxy) is 3. The first-order valence-corrected chi connectivity index (χ1v) is 19.3. The first-order valence-electron chi connectivity index (χ1n) is 13.2. The van der Waals surface area contributed by atoms with Crippen LogP contribution in [-0.2, 0) is 56.3 Å². The number of para-hydroxylation sites is 1. The minimum absolute atomic E-state index is 0.0397. The summed E-state index contributed by atoms with van der Waals surface area (Å²) >= 11 is 0. The zero-order chi connectivity index (χ0) is 34.0. The van der Waals surface area contributed by atoms with Crippen LogP contribution in [0.3, 0.4) is 0 Å². The van der Waals surface area contributed by atoms with Crippen molar-refractivity contribution in [1.29, 1.82) is 0 Å². The number of aromatic amines is 1. The summed E-state index contributed by atoms with van der Waals surface area (Å²) in [6.07, 6.45) is -4.07. The summed E-state index contributed by atoms with van der Waals surface area (Å²) in [5.74, 6) is 0. The molecule has 2 aromatic carbocycles. The predicted molar refractivity (Wildman–Crippen MR) is 157 cm³/mol. The molecule has 0 bridgehead atoms. The zero-order valence-corrected chi connectivity index (χ0v) is 27.1. The molecule has 2 fully saturated rings. The van der Waals surface area contributed by atoms with Gasteiger partial charge in [0.15, 0.2) is 12.5 Å². The molecule has 6 N–H and O–H groups in total. The number of H-pyrrole nitrogens is 1. The van der Waals surface area contributed by atoms with E-state index in [2.05, 4.69) is 17.9 Å². The largest absolute Gasteiger partial charge is 0.490 e. The van der Waals surface area contributed by atoms with Crippen LogP contribution >= 0.6 is 31.2 Å². The van der Waals surface area contributed by atoms with Gasteiger partial charge in [-0.2, -0.15) is 12.9 Å². The summed E-state index contributed by atoms with van der Waals surface area (Å²) in [5, 5.41) is 1.88. The number of aromatic nitrogens is 2. The third-order valence-corrected chi connectivity index (χ3v) is 12.4. The van der Waals surface area contributed by atoms with Gasteiger partial charge in [0.05, 0.1) is 6.61 Å². The molecule has 0 amide bonds. The maximum absolute atomic E-state index is 12.6. The van der Waals surface area contributed by atoms with E-state index in [4.69, 9.17) is 18.7 Å². The van der Waals surface area contributed by atoms with Gasteiger partial charge in [-0.05, 0) is 17.7 Å². The van der Waals surface area contributed by atoms with Gasteiger partial charge in [-0.1, -0.05) is 48.5 Å². The van der Waals surface area contributed by atoms with E-state index in [-0.39, 0.29) is 12.1 Å². The van der Waals surface area contributed by atoms with E-state index in [0.717, 1.165) is 22.4 Å². The Hall–Kier alpha value is -2.60. The van der Waals surface area contributed by atoms with Gasteiger partial charge in [0, 0.05) is 24.4 Å². The van der Waals surface area contributed by atoms with Crippen molar-refractivity contribution in [2.24, 2.45) is 0 Å². The molecule has 47 heavy (non-hydrogen) atoms. The second-order valence-corrected chi connectivity index (χ2v) is 16.1. The molecule has 5 rings (SSSR count). The lowest BCUT2D eigenvalue weighted by atomic mass is 10.1. The number of hydrogen-bond acceptors (Lipinski definition) is 13. The molecular weight excluding hydrogens is 714 g/mol. The molecule has 3 heterocycles. The SMILES string of the molecule is O=c1ccn([C@@H]2O[C@H](COP(=O)(O)OP(=O)(O)OP(=O)(O)OP(=O)(O)Nc3ccccc3)[C@@H]3OC(Cc4ccccc4)OC32)c(=O)[nH]1. The Bertz CT molecular complexity index is 1880. The van der Waals surface area contributed by atoms with Gasteiger partial charge in [-0.3, -0.25) is 24.0 Å². The van der Waals surface area contributed by atoms with Gasteiger partial charge in [-0.25, -0.2) is 23.1 Å². The Kier molecular flexibility index (Phi) is 10.7. The normalized spacial score (nSPS) is 27.5. The number of nitrogens with one attached hydrogen (secondary N) is 2. The maximum atomic E-state index is 12.6. The Morgan fingerprint density at radius 1 is 0.766 bits per heavy atom. The van der Waals surface area contributed by atoms with Crippen LogP contribution < -0.4 is 16.3 Å². The number of hydrogen-bond donors (Lipinski definition) is 6. The summed E-state index contributed by atoms with van der Waals surface area (Å²) in [7, 11) is -22.8. The summed E-state index contributed by atoms with van der Waals surface area (Å²) < 4.78 is 84.8. The van der Waals surface area contributed by atoms with Crippen molar-refractivity contribution < 1.29 is 69.5 Å². The molecule has 0 saturated carbocycles. The fourth-order valence-corrected chi connectivity index (χ4v) is 9.75. The second-order valence-electron chi connectivity index (χ2n) is 9.85. The van der Waals surface area contributed by atoms with Gasteiger partial charge in [-0.15, -0.1) is 0 Å². The number of benzene rings is 2. The molecule has 256 valence electrons. The summed E-state index contributed by atoms with van der Waals surface area (Å²) in [4.78, 5) is 65.8. The molecule has 2 saturated heterocycles. The molecule has 2 aliphatic rings. The molecule has 9 atom stereocenters. The molecule has 1 aromatic heterocycles. The number of phosphoric acid groups is 3. The maximum Gasteiger partial charge on any atom is 0.490 e. The molecule has 6 unspecified atom stereocenters. The van der Waals surface area contributed by atoms with E-state index >= 15 is 0 Å². The smallest absolute Gasteiger partial charge is 0.346 e. The fourth-order valence-electron chi connectivity index (χ4n) is 4.61. The molecule has 2 aliphatic heterocycles. The standard InChI is InChI=1S/C23H27N3O17P4/c27-18-11-12-26(23(28)24-18)22-21-20(39-19(40-21)13-15-7-3-1-4-8-15)17(38-22)14-37-45(31,32)42-47(35,36)43-46(33,34)41-44(29,30)25-16-9-5-2-6-10-16/h1-12,17,19-22H,13-14H2,(H,31,32)(H,33,34)(H,35,36)(H,24,27,28)(H2,25,29,30)/t17-,19?,20+,21?,22-/m1/s1. The summed E-state index contributed by atoms with van der Waals surface area (Å²) in [6.45, 7) is -0.898. The Balaban J connectivity index is 1.24. The highest BCUT2D eigenvalue weighted by Gasteiger charge is 2.54. The lowest BCUT2D eigenvalue weighted by molar-refractivity contribution is -0.150. The van der Waals surface area contributed by atoms with E-state index in [1.807, 2.05) is 17.2 Å². The average Bonchev–Trinajstić information content (AvgIpc) is 3.50. The van der Waals surface area contributed by atoms with E-state index in [1.165, 1.54) is 24.3 Å². The van der Waals surface area contributed by atoms with Gasteiger partial charge in [0.1, 0.15) is 18.3 Å². The number of rotatable bonds is 14. The molecule has 0 radical (unpaired) electrons. The summed E-state index contributed by atoms with van der Waals surface area (Å²) in [6, 6.07) is 17.1. The van der Waals surface area contributed by atoms with Gasteiger partial charge in [0.2, 0.25) is 0 Å². The Morgan fingerprint density at radius 2 is 1.36 bits per heavy atom. The van der Waals surface area contributed by atoms with Gasteiger partial charge >= 0.3 is 36.9 Å². The van der Waals surface area contributed by atoms with Crippen molar-refractivity contribution >= 4 is 36.9 Å². The Morgan fingerprint density at radius 3 is 2.02 bits per heavy atom. The highest BCUT2D eigenvalue weighted by atomic mass is 31.3. The van der Waals surface area contributed by atoms with Crippen LogP contribution in [0, 0.1) is 0 Å². The van der Waals surface area contributed by atoms with Crippen LogP contribution in [0.5, 0.6) is 0 Å². The molecule has 24 heteroatoms. The predicted octanol–water partition coefficient (Wildman–Crippen LogP) is 2.37. The van der Waals surface area contributed by atoms with Crippen molar-refractivity contribution in [3.8, 4) is 0 Å². The molecule has 20 nitrogen and oxygen atoms in total. The lowest BCUT2D eigenvalue weighted by Gasteiger charge is -2.23. The number of phosphoric ester groups is 1. The van der Waals surface area contributed by atoms with Crippen LogP contribution in [-0.4, -0.2) is 60.3 Å². The first-order chi connectivity index (χ1) is 22.0. The third kappa shape index (κ3) is 9.74. The quantitative estimate of drug-likeness (QED) is 0.129. The van der Waals surface area contributed by atoms with Crippen molar-refractivity contribution in [1.82, 2.24) is 9.55 Å². The number of fused-ring (bicyclic) bond motifs is 1. The molecule has 0 aliphatic carbocycles. The monoisotopic (exact) mass is 741 g/mol. The Labute approximate surface area is 264 Å².